The number of nitrogens with zero attached hydrogens (tertiary/aromatic N) is 1. The molecule has 0 bridgehead atoms. The summed E-state index contributed by atoms with van der Waals surface area (Å²) >= 11 is 0. The largest absolute Gasteiger partial charge is 0.366 e. The average molecular weight is 315 g/mol. The first kappa shape index (κ1) is 16.4. The van der Waals surface area contributed by atoms with Gasteiger partial charge in [-0.25, -0.2) is 0 Å². The highest BCUT2D eigenvalue weighted by atomic mass is 16.2. The average Bonchev–Trinajstić information content (AvgIpc) is 2.84. The van der Waals surface area contributed by atoms with Gasteiger partial charge in [-0.05, 0) is 18.1 Å². The van der Waals surface area contributed by atoms with Crippen LogP contribution in [0.15, 0.2) is 36.4 Å². The zero-order valence-corrected chi connectivity index (χ0v) is 12.5. The number of hydrogen-bond donors (Lipinski definition) is 2. The molecule has 0 fully saturated rings. The van der Waals surface area contributed by atoms with E-state index in [0.29, 0.717) is 18.5 Å². The molecule has 0 saturated heterocycles. The lowest BCUT2D eigenvalue weighted by atomic mass is 10.0. The third kappa shape index (κ3) is 4.26. The molecule has 1 aliphatic heterocycles. The van der Waals surface area contributed by atoms with Gasteiger partial charge in [0.05, 0.1) is 0 Å². The highest BCUT2D eigenvalue weighted by Gasteiger charge is 2.23. The SMILES string of the molecule is NC(=O)c1ccccc1CCNC(=O)CCN1C(=O)C=CC1=O. The number of hydrogen-bond acceptors (Lipinski definition) is 4. The summed E-state index contributed by atoms with van der Waals surface area (Å²) in [6, 6.07) is 6.93. The monoisotopic (exact) mass is 315 g/mol. The molecule has 0 saturated carbocycles. The van der Waals surface area contributed by atoms with Crippen molar-refractivity contribution in [2.45, 2.75) is 12.8 Å². The van der Waals surface area contributed by atoms with Gasteiger partial charge in [0, 0.05) is 37.2 Å². The highest BCUT2D eigenvalue weighted by molar-refractivity contribution is 6.13. The fourth-order valence-corrected chi connectivity index (χ4v) is 2.27. The third-order valence-electron chi connectivity index (χ3n) is 3.46. The van der Waals surface area contributed by atoms with Crippen LogP contribution >= 0.6 is 0 Å². The van der Waals surface area contributed by atoms with E-state index >= 15 is 0 Å². The van der Waals surface area contributed by atoms with Gasteiger partial charge in [0.1, 0.15) is 0 Å². The molecule has 0 aliphatic carbocycles. The molecule has 4 amide bonds. The number of nitrogens with one attached hydrogen (secondary N) is 1. The number of imide groups is 1. The van der Waals surface area contributed by atoms with Crippen LogP contribution in [0.1, 0.15) is 22.3 Å². The zero-order valence-electron chi connectivity index (χ0n) is 12.5. The Bertz CT molecular complexity index is 664. The Morgan fingerprint density at radius 2 is 1.74 bits per heavy atom. The number of rotatable bonds is 7. The second-order valence-corrected chi connectivity index (χ2v) is 5.03. The molecule has 0 radical (unpaired) electrons. The maximum absolute atomic E-state index is 11.7. The molecule has 0 aromatic heterocycles. The van der Waals surface area contributed by atoms with E-state index in [1.807, 2.05) is 0 Å². The van der Waals surface area contributed by atoms with E-state index in [1.165, 1.54) is 12.2 Å². The Kier molecular flexibility index (Phi) is 5.24. The molecule has 7 nitrogen and oxygen atoms in total. The van der Waals surface area contributed by atoms with Crippen LogP contribution in [0.5, 0.6) is 0 Å². The normalized spacial score (nSPS) is 13.5. The van der Waals surface area contributed by atoms with Crippen molar-refractivity contribution in [3.63, 3.8) is 0 Å². The summed E-state index contributed by atoms with van der Waals surface area (Å²) in [5, 5.41) is 2.69. The number of carbonyl (C=O) groups is 4. The van der Waals surface area contributed by atoms with E-state index in [9.17, 15) is 19.2 Å². The lowest BCUT2D eigenvalue weighted by molar-refractivity contribution is -0.137. The van der Waals surface area contributed by atoms with Gasteiger partial charge in [0.2, 0.25) is 11.8 Å². The molecular weight excluding hydrogens is 298 g/mol. The maximum atomic E-state index is 11.7. The lowest BCUT2D eigenvalue weighted by Crippen LogP contribution is -2.35. The number of amides is 4. The summed E-state index contributed by atoms with van der Waals surface area (Å²) in [6.07, 6.45) is 2.87. The molecule has 7 heteroatoms. The predicted octanol–water partition coefficient (Wildman–Crippen LogP) is -0.241. The number of benzene rings is 1. The van der Waals surface area contributed by atoms with Gasteiger partial charge in [-0.15, -0.1) is 0 Å². The van der Waals surface area contributed by atoms with Gasteiger partial charge >= 0.3 is 0 Å². The Hall–Kier alpha value is -2.96. The van der Waals surface area contributed by atoms with Gasteiger partial charge in [-0.2, -0.15) is 0 Å². The van der Waals surface area contributed by atoms with E-state index < -0.39 is 17.7 Å². The van der Waals surface area contributed by atoms with Crippen LogP contribution in [0.3, 0.4) is 0 Å². The van der Waals surface area contributed by atoms with Crippen LogP contribution in [0, 0.1) is 0 Å². The lowest BCUT2D eigenvalue weighted by Gasteiger charge is -2.13. The Morgan fingerprint density at radius 3 is 2.39 bits per heavy atom. The number of primary amides is 1. The molecule has 1 aliphatic rings. The minimum atomic E-state index is -0.509. The molecule has 0 atom stereocenters. The Morgan fingerprint density at radius 1 is 1.09 bits per heavy atom. The molecular formula is C16H17N3O4. The number of nitrogens with two attached hydrogens (primary N) is 1. The maximum Gasteiger partial charge on any atom is 0.253 e. The van der Waals surface area contributed by atoms with Crippen molar-refractivity contribution in [3.8, 4) is 0 Å². The van der Waals surface area contributed by atoms with E-state index in [4.69, 9.17) is 5.73 Å². The first-order chi connectivity index (χ1) is 11.0. The third-order valence-corrected chi connectivity index (χ3v) is 3.46. The Labute approximate surface area is 133 Å². The molecule has 1 heterocycles. The summed E-state index contributed by atoms with van der Waals surface area (Å²) in [6.45, 7) is 0.387. The fourth-order valence-electron chi connectivity index (χ4n) is 2.27. The van der Waals surface area contributed by atoms with Crippen LogP contribution in [-0.2, 0) is 20.8 Å². The van der Waals surface area contributed by atoms with Crippen molar-refractivity contribution in [3.05, 3.63) is 47.5 Å². The van der Waals surface area contributed by atoms with E-state index in [0.717, 1.165) is 10.5 Å². The van der Waals surface area contributed by atoms with E-state index in [2.05, 4.69) is 5.32 Å². The molecule has 1 aromatic carbocycles. The van der Waals surface area contributed by atoms with Crippen molar-refractivity contribution in [2.24, 2.45) is 5.73 Å². The van der Waals surface area contributed by atoms with Crippen LogP contribution in [0.25, 0.3) is 0 Å². The molecule has 1 aromatic rings. The second-order valence-electron chi connectivity index (χ2n) is 5.03. The summed E-state index contributed by atoms with van der Waals surface area (Å²) in [5.74, 6) is -1.59. The summed E-state index contributed by atoms with van der Waals surface area (Å²) in [7, 11) is 0. The first-order valence-corrected chi connectivity index (χ1v) is 7.17. The second kappa shape index (κ2) is 7.35. The van der Waals surface area contributed by atoms with Crippen LogP contribution in [0.2, 0.25) is 0 Å². The molecule has 120 valence electrons. The van der Waals surface area contributed by atoms with Gasteiger partial charge in [-0.3, -0.25) is 24.1 Å². The van der Waals surface area contributed by atoms with Crippen molar-refractivity contribution in [2.75, 3.05) is 13.1 Å². The minimum Gasteiger partial charge on any atom is -0.366 e. The summed E-state index contributed by atoms with van der Waals surface area (Å²) in [5.41, 5.74) is 6.48. The van der Waals surface area contributed by atoms with Gasteiger partial charge in [0.25, 0.3) is 11.8 Å². The molecule has 0 unspecified atom stereocenters. The van der Waals surface area contributed by atoms with Gasteiger partial charge in [-0.1, -0.05) is 18.2 Å². The van der Waals surface area contributed by atoms with Crippen molar-refractivity contribution in [1.82, 2.24) is 10.2 Å². The predicted molar refractivity (Wildman–Crippen MR) is 82.2 cm³/mol. The smallest absolute Gasteiger partial charge is 0.253 e. The van der Waals surface area contributed by atoms with Crippen LogP contribution in [-0.4, -0.2) is 41.6 Å². The van der Waals surface area contributed by atoms with Crippen LogP contribution in [0.4, 0.5) is 0 Å². The molecule has 0 spiro atoms. The summed E-state index contributed by atoms with van der Waals surface area (Å²) < 4.78 is 0. The highest BCUT2D eigenvalue weighted by Crippen LogP contribution is 2.08. The molecule has 2 rings (SSSR count). The molecule has 23 heavy (non-hydrogen) atoms. The van der Waals surface area contributed by atoms with Gasteiger partial charge < -0.3 is 11.1 Å². The van der Waals surface area contributed by atoms with Gasteiger partial charge in [0.15, 0.2) is 0 Å². The minimum absolute atomic E-state index is 0.0383. The van der Waals surface area contributed by atoms with Crippen LogP contribution < -0.4 is 11.1 Å². The van der Waals surface area contributed by atoms with E-state index in [1.54, 1.807) is 24.3 Å². The Balaban J connectivity index is 1.76. The van der Waals surface area contributed by atoms with Crippen molar-refractivity contribution in [1.29, 1.82) is 0 Å². The zero-order chi connectivity index (χ0) is 16.8. The number of carbonyl (C=O) groups excluding carboxylic acids is 4. The fraction of sp³-hybridized carbons (Fsp3) is 0.250. The standard InChI is InChI=1S/C16H17N3O4/c17-16(23)12-4-2-1-3-11(12)7-9-18-13(20)8-10-19-14(21)5-6-15(19)22/h1-6H,7-10H2,(H2,17,23)(H,18,20). The molecule has 3 N–H and O–H groups in total. The van der Waals surface area contributed by atoms with E-state index in [-0.39, 0.29) is 18.9 Å². The summed E-state index contributed by atoms with van der Waals surface area (Å²) in [4.78, 5) is 46.7. The topological polar surface area (TPSA) is 110 Å². The van der Waals surface area contributed by atoms with Crippen molar-refractivity contribution >= 4 is 23.6 Å². The first-order valence-electron chi connectivity index (χ1n) is 7.17. The quantitative estimate of drug-likeness (QED) is 0.677. The van der Waals surface area contributed by atoms with Crippen molar-refractivity contribution < 1.29 is 19.2 Å².